The molecule has 0 bridgehead atoms. The van der Waals surface area contributed by atoms with Crippen molar-refractivity contribution in [3.63, 3.8) is 0 Å². The molecule has 112 valence electrons. The number of carbonyl (C=O) groups excluding carboxylic acids is 1. The van der Waals surface area contributed by atoms with Crippen LogP contribution in [0.2, 0.25) is 4.34 Å². The Bertz CT molecular complexity index is 479. The second kappa shape index (κ2) is 6.46. The van der Waals surface area contributed by atoms with Crippen molar-refractivity contribution in [2.45, 2.75) is 58.0 Å². The van der Waals surface area contributed by atoms with Crippen LogP contribution in [0.15, 0.2) is 6.07 Å². The lowest BCUT2D eigenvalue weighted by Crippen LogP contribution is -2.41. The van der Waals surface area contributed by atoms with Crippen LogP contribution in [0.1, 0.15) is 56.5 Å². The summed E-state index contributed by atoms with van der Waals surface area (Å²) in [5, 5.41) is 6.48. The van der Waals surface area contributed by atoms with Crippen molar-refractivity contribution in [2.24, 2.45) is 0 Å². The molecule has 1 unspecified atom stereocenters. The van der Waals surface area contributed by atoms with Crippen molar-refractivity contribution < 1.29 is 4.79 Å². The molecule has 0 radical (unpaired) electrons. The molecule has 2 N–H and O–H groups in total. The van der Waals surface area contributed by atoms with Gasteiger partial charge < -0.3 is 10.6 Å². The molecule has 3 nitrogen and oxygen atoms in total. The maximum Gasteiger partial charge on any atom is 0.221 e. The first-order valence-corrected chi connectivity index (χ1v) is 8.37. The van der Waals surface area contributed by atoms with Crippen molar-refractivity contribution in [3.8, 4) is 0 Å². The van der Waals surface area contributed by atoms with Crippen molar-refractivity contribution in [2.75, 3.05) is 6.54 Å². The first-order chi connectivity index (χ1) is 9.35. The van der Waals surface area contributed by atoms with Gasteiger partial charge in [-0.15, -0.1) is 11.3 Å². The Morgan fingerprint density at radius 1 is 1.50 bits per heavy atom. The van der Waals surface area contributed by atoms with Crippen molar-refractivity contribution in [1.29, 1.82) is 0 Å². The summed E-state index contributed by atoms with van der Waals surface area (Å²) in [4.78, 5) is 13.2. The van der Waals surface area contributed by atoms with Gasteiger partial charge in [0, 0.05) is 29.4 Å². The molecule has 0 aliphatic heterocycles. The van der Waals surface area contributed by atoms with E-state index in [-0.39, 0.29) is 11.4 Å². The SMILES string of the molecule is CC(C)(C)NC(=O)CCNC1CCCc2sc(Cl)cc21. The lowest BCUT2D eigenvalue weighted by Gasteiger charge is -2.24. The summed E-state index contributed by atoms with van der Waals surface area (Å²) in [7, 11) is 0. The van der Waals surface area contributed by atoms with Crippen LogP contribution in [0.5, 0.6) is 0 Å². The highest BCUT2D eigenvalue weighted by Gasteiger charge is 2.22. The number of hydrogen-bond donors (Lipinski definition) is 2. The highest BCUT2D eigenvalue weighted by Crippen LogP contribution is 2.37. The number of halogens is 1. The predicted octanol–water partition coefficient (Wildman–Crippen LogP) is 3.67. The van der Waals surface area contributed by atoms with E-state index >= 15 is 0 Å². The first kappa shape index (κ1) is 15.8. The van der Waals surface area contributed by atoms with Crippen LogP contribution in [0.25, 0.3) is 0 Å². The molecule has 20 heavy (non-hydrogen) atoms. The fraction of sp³-hybridized carbons (Fsp3) is 0.667. The highest BCUT2D eigenvalue weighted by molar-refractivity contribution is 7.16. The van der Waals surface area contributed by atoms with Gasteiger partial charge >= 0.3 is 0 Å². The van der Waals surface area contributed by atoms with Gasteiger partial charge in [-0.05, 0) is 51.7 Å². The molecule has 1 aromatic heterocycles. The number of fused-ring (bicyclic) bond motifs is 1. The number of hydrogen-bond acceptors (Lipinski definition) is 3. The number of amides is 1. The lowest BCUT2D eigenvalue weighted by atomic mass is 9.94. The minimum Gasteiger partial charge on any atom is -0.351 e. The molecule has 1 atom stereocenters. The van der Waals surface area contributed by atoms with Crippen molar-refractivity contribution >= 4 is 28.8 Å². The largest absolute Gasteiger partial charge is 0.351 e. The molecule has 1 heterocycles. The highest BCUT2D eigenvalue weighted by atomic mass is 35.5. The summed E-state index contributed by atoms with van der Waals surface area (Å²) >= 11 is 7.79. The van der Waals surface area contributed by atoms with Gasteiger partial charge in [0.05, 0.1) is 4.34 Å². The summed E-state index contributed by atoms with van der Waals surface area (Å²) < 4.78 is 0.870. The Hall–Kier alpha value is -0.580. The van der Waals surface area contributed by atoms with E-state index in [1.165, 1.54) is 16.9 Å². The van der Waals surface area contributed by atoms with Crippen LogP contribution >= 0.6 is 22.9 Å². The van der Waals surface area contributed by atoms with Crippen LogP contribution in [0.3, 0.4) is 0 Å². The quantitative estimate of drug-likeness (QED) is 0.890. The van der Waals surface area contributed by atoms with Crippen LogP contribution in [0.4, 0.5) is 0 Å². The molecule has 0 fully saturated rings. The molecular formula is C15H23ClN2OS. The fourth-order valence-electron chi connectivity index (χ4n) is 2.57. The maximum atomic E-state index is 11.8. The van der Waals surface area contributed by atoms with Gasteiger partial charge in [0.15, 0.2) is 0 Å². The van der Waals surface area contributed by atoms with Crippen LogP contribution in [-0.4, -0.2) is 18.0 Å². The predicted molar refractivity (Wildman–Crippen MR) is 85.5 cm³/mol. The van der Waals surface area contributed by atoms with Gasteiger partial charge in [0.1, 0.15) is 0 Å². The molecule has 1 aliphatic carbocycles. The molecule has 2 rings (SSSR count). The third-order valence-electron chi connectivity index (χ3n) is 3.34. The Morgan fingerprint density at radius 3 is 2.95 bits per heavy atom. The van der Waals surface area contributed by atoms with E-state index in [1.54, 1.807) is 11.3 Å². The lowest BCUT2D eigenvalue weighted by molar-refractivity contribution is -0.122. The number of rotatable bonds is 4. The van der Waals surface area contributed by atoms with Crippen molar-refractivity contribution in [1.82, 2.24) is 10.6 Å². The molecular weight excluding hydrogens is 292 g/mol. The van der Waals surface area contributed by atoms with Crippen LogP contribution < -0.4 is 10.6 Å². The Balaban J connectivity index is 1.82. The summed E-state index contributed by atoms with van der Waals surface area (Å²) in [6.45, 7) is 6.71. The van der Waals surface area contributed by atoms with E-state index in [9.17, 15) is 4.79 Å². The van der Waals surface area contributed by atoms with Gasteiger partial charge in [0.25, 0.3) is 0 Å². The van der Waals surface area contributed by atoms with E-state index in [1.807, 2.05) is 20.8 Å². The standard InChI is InChI=1S/C15H23ClN2OS/c1-15(2,3)18-14(19)7-8-17-11-5-4-6-12-10(11)9-13(16)20-12/h9,11,17H,4-8H2,1-3H3,(H,18,19). The Morgan fingerprint density at radius 2 is 2.25 bits per heavy atom. The second-order valence-corrected chi connectivity index (χ2v) is 8.14. The van der Waals surface area contributed by atoms with Gasteiger partial charge in [-0.1, -0.05) is 11.6 Å². The maximum absolute atomic E-state index is 11.8. The Labute approximate surface area is 130 Å². The smallest absolute Gasteiger partial charge is 0.221 e. The zero-order valence-electron chi connectivity index (χ0n) is 12.4. The number of carbonyl (C=O) groups is 1. The second-order valence-electron chi connectivity index (χ2n) is 6.38. The fourth-order valence-corrected chi connectivity index (χ4v) is 3.96. The van der Waals surface area contributed by atoms with Crippen LogP contribution in [0, 0.1) is 0 Å². The van der Waals surface area contributed by atoms with Gasteiger partial charge in [0.2, 0.25) is 5.91 Å². The molecule has 1 amide bonds. The van der Waals surface area contributed by atoms with E-state index in [0.29, 0.717) is 19.0 Å². The minimum atomic E-state index is -0.157. The Kier molecular flexibility index (Phi) is 5.10. The zero-order chi connectivity index (χ0) is 14.8. The molecule has 0 saturated carbocycles. The van der Waals surface area contributed by atoms with Gasteiger partial charge in [-0.25, -0.2) is 0 Å². The normalized spacial score (nSPS) is 18.7. The first-order valence-electron chi connectivity index (χ1n) is 7.17. The molecule has 1 aliphatic rings. The number of aryl methyl sites for hydroxylation is 1. The average molecular weight is 315 g/mol. The monoisotopic (exact) mass is 314 g/mol. The van der Waals surface area contributed by atoms with E-state index < -0.39 is 0 Å². The minimum absolute atomic E-state index is 0.101. The molecule has 0 spiro atoms. The van der Waals surface area contributed by atoms with E-state index in [2.05, 4.69) is 16.7 Å². The van der Waals surface area contributed by atoms with Crippen LogP contribution in [-0.2, 0) is 11.2 Å². The average Bonchev–Trinajstić information content (AvgIpc) is 2.67. The van der Waals surface area contributed by atoms with Gasteiger partial charge in [-0.3, -0.25) is 4.79 Å². The van der Waals surface area contributed by atoms with E-state index in [0.717, 1.165) is 17.2 Å². The summed E-state index contributed by atoms with van der Waals surface area (Å²) in [5.41, 5.74) is 1.18. The molecule has 0 aromatic carbocycles. The van der Waals surface area contributed by atoms with Crippen molar-refractivity contribution in [3.05, 3.63) is 20.8 Å². The summed E-state index contributed by atoms with van der Waals surface area (Å²) in [6.07, 6.45) is 3.97. The molecule has 0 saturated heterocycles. The summed E-state index contributed by atoms with van der Waals surface area (Å²) in [5.74, 6) is 0.101. The molecule has 1 aromatic rings. The van der Waals surface area contributed by atoms with E-state index in [4.69, 9.17) is 11.6 Å². The third kappa shape index (κ3) is 4.47. The molecule has 5 heteroatoms. The summed E-state index contributed by atoms with van der Waals surface area (Å²) in [6, 6.07) is 2.43. The zero-order valence-corrected chi connectivity index (χ0v) is 14.0. The number of thiophene rings is 1. The number of nitrogens with one attached hydrogen (secondary N) is 2. The van der Waals surface area contributed by atoms with Gasteiger partial charge in [-0.2, -0.15) is 0 Å². The third-order valence-corrected chi connectivity index (χ3v) is 4.68. The topological polar surface area (TPSA) is 41.1 Å².